The molecule has 126 valence electrons. The van der Waals surface area contributed by atoms with Crippen LogP contribution in [-0.2, 0) is 14.3 Å². The number of hydrogen-bond donors (Lipinski definition) is 3. The van der Waals surface area contributed by atoms with Crippen molar-refractivity contribution in [3.63, 3.8) is 0 Å². The first kappa shape index (κ1) is 17.4. The van der Waals surface area contributed by atoms with Gasteiger partial charge in [0.1, 0.15) is 18.0 Å². The highest BCUT2D eigenvalue weighted by atomic mass is 16.7. The van der Waals surface area contributed by atoms with E-state index in [1.807, 2.05) is 0 Å². The Bertz CT molecular complexity index is 554. The van der Waals surface area contributed by atoms with Gasteiger partial charge < -0.3 is 29.5 Å². The molecular weight excluding hydrogens is 304 g/mol. The maximum Gasteiger partial charge on any atom is 0.331 e. The minimum atomic E-state index is -1.53. The van der Waals surface area contributed by atoms with Gasteiger partial charge in [-0.1, -0.05) is 12.1 Å². The van der Waals surface area contributed by atoms with Gasteiger partial charge in [0, 0.05) is 6.08 Å². The summed E-state index contributed by atoms with van der Waals surface area (Å²) in [7, 11) is 1.56. The normalized spacial score (nSPS) is 31.1. The Balaban J connectivity index is 1.96. The lowest BCUT2D eigenvalue weighted by Gasteiger charge is -2.38. The van der Waals surface area contributed by atoms with E-state index < -0.39 is 36.7 Å². The predicted molar refractivity (Wildman–Crippen MR) is 80.5 cm³/mol. The van der Waals surface area contributed by atoms with Crippen LogP contribution < -0.4 is 4.74 Å². The molecule has 1 aliphatic heterocycles. The second kappa shape index (κ2) is 7.56. The van der Waals surface area contributed by atoms with Gasteiger partial charge in [-0.05, 0) is 30.7 Å². The molecule has 2 rings (SSSR count). The number of ether oxygens (including phenoxy) is 3. The van der Waals surface area contributed by atoms with Crippen LogP contribution >= 0.6 is 0 Å². The van der Waals surface area contributed by atoms with Crippen molar-refractivity contribution in [3.05, 3.63) is 35.9 Å². The molecular formula is C16H20O7. The second-order valence-corrected chi connectivity index (χ2v) is 5.22. The summed E-state index contributed by atoms with van der Waals surface area (Å²) in [5.74, 6) is 0.0116. The number of aliphatic hydroxyl groups is 3. The molecule has 23 heavy (non-hydrogen) atoms. The van der Waals surface area contributed by atoms with Crippen LogP contribution in [0, 0.1) is 0 Å². The first-order chi connectivity index (χ1) is 10.9. The van der Waals surface area contributed by atoms with E-state index in [4.69, 9.17) is 14.2 Å². The zero-order valence-electron chi connectivity index (χ0n) is 12.8. The van der Waals surface area contributed by atoms with Gasteiger partial charge in [-0.3, -0.25) is 0 Å². The van der Waals surface area contributed by atoms with Gasteiger partial charge in [0.05, 0.1) is 13.2 Å². The highest BCUT2D eigenvalue weighted by Crippen LogP contribution is 2.22. The maximum absolute atomic E-state index is 11.8. The van der Waals surface area contributed by atoms with E-state index in [1.54, 1.807) is 37.5 Å². The third-order valence-electron chi connectivity index (χ3n) is 3.58. The summed E-state index contributed by atoms with van der Waals surface area (Å²) in [6.07, 6.45) is -3.53. The Kier molecular flexibility index (Phi) is 5.73. The van der Waals surface area contributed by atoms with E-state index in [9.17, 15) is 20.1 Å². The standard InChI is InChI=1S/C16H20O7/c1-9-15(13(18)14(19)16(20)22-9)23-12(17)8-5-10-3-6-11(21-2)7-4-10/h3-9,13-16,18-20H,1-2H3/t9-,13-,14+,15-,16?/m1/s1. The van der Waals surface area contributed by atoms with Crippen molar-refractivity contribution < 1.29 is 34.3 Å². The third kappa shape index (κ3) is 4.29. The van der Waals surface area contributed by atoms with Gasteiger partial charge in [0.2, 0.25) is 0 Å². The van der Waals surface area contributed by atoms with Gasteiger partial charge in [0.25, 0.3) is 0 Å². The fourth-order valence-corrected chi connectivity index (χ4v) is 2.24. The molecule has 1 saturated heterocycles. The second-order valence-electron chi connectivity index (χ2n) is 5.22. The van der Waals surface area contributed by atoms with E-state index >= 15 is 0 Å². The molecule has 5 atom stereocenters. The van der Waals surface area contributed by atoms with Crippen molar-refractivity contribution >= 4 is 12.0 Å². The van der Waals surface area contributed by atoms with Crippen molar-refractivity contribution in [1.82, 2.24) is 0 Å². The lowest BCUT2D eigenvalue weighted by molar-refractivity contribution is -0.280. The molecule has 0 aliphatic carbocycles. The molecule has 0 amide bonds. The summed E-state index contributed by atoms with van der Waals surface area (Å²) in [5.41, 5.74) is 0.770. The summed E-state index contributed by atoms with van der Waals surface area (Å²) in [5, 5.41) is 28.8. The molecule has 7 nitrogen and oxygen atoms in total. The fraction of sp³-hybridized carbons (Fsp3) is 0.438. The molecule has 1 heterocycles. The Morgan fingerprint density at radius 2 is 1.83 bits per heavy atom. The number of carbonyl (C=O) groups is 1. The molecule has 0 bridgehead atoms. The smallest absolute Gasteiger partial charge is 0.331 e. The molecule has 1 aromatic carbocycles. The van der Waals surface area contributed by atoms with E-state index in [2.05, 4.69) is 0 Å². The number of methoxy groups -OCH3 is 1. The van der Waals surface area contributed by atoms with Crippen molar-refractivity contribution in [1.29, 1.82) is 0 Å². The minimum absolute atomic E-state index is 0.691. The number of esters is 1. The Hall–Kier alpha value is -1.93. The molecule has 1 aromatic rings. The van der Waals surface area contributed by atoms with E-state index in [-0.39, 0.29) is 0 Å². The Morgan fingerprint density at radius 3 is 2.43 bits per heavy atom. The van der Waals surface area contributed by atoms with Crippen LogP contribution in [-0.4, -0.2) is 59.1 Å². The van der Waals surface area contributed by atoms with Crippen LogP contribution in [0.5, 0.6) is 5.75 Å². The Labute approximate surface area is 133 Å². The summed E-state index contributed by atoms with van der Waals surface area (Å²) < 4.78 is 15.1. The third-order valence-corrected chi connectivity index (χ3v) is 3.58. The van der Waals surface area contributed by atoms with Gasteiger partial charge in [-0.15, -0.1) is 0 Å². The average molecular weight is 324 g/mol. The summed E-state index contributed by atoms with van der Waals surface area (Å²) in [4.78, 5) is 11.8. The van der Waals surface area contributed by atoms with Crippen LogP contribution in [0.4, 0.5) is 0 Å². The first-order valence-electron chi connectivity index (χ1n) is 7.15. The van der Waals surface area contributed by atoms with Crippen LogP contribution in [0.15, 0.2) is 30.3 Å². The van der Waals surface area contributed by atoms with Crippen molar-refractivity contribution in [2.75, 3.05) is 7.11 Å². The van der Waals surface area contributed by atoms with Crippen LogP contribution in [0.25, 0.3) is 6.08 Å². The van der Waals surface area contributed by atoms with E-state index in [0.29, 0.717) is 5.75 Å². The SMILES string of the molecule is COc1ccc(C=CC(=O)O[C@H]2[C@H](O)[C@H](O)C(O)O[C@@H]2C)cc1. The van der Waals surface area contributed by atoms with Gasteiger partial charge in [-0.25, -0.2) is 4.79 Å². The van der Waals surface area contributed by atoms with Crippen molar-refractivity contribution in [2.24, 2.45) is 0 Å². The number of aliphatic hydroxyl groups excluding tert-OH is 3. The molecule has 1 aliphatic rings. The predicted octanol–water partition coefficient (Wildman–Crippen LogP) is 0.0791. The summed E-state index contributed by atoms with van der Waals surface area (Å²) in [6, 6.07) is 7.04. The number of carbonyl (C=O) groups excluding carboxylic acids is 1. The minimum Gasteiger partial charge on any atom is -0.497 e. The van der Waals surface area contributed by atoms with Crippen molar-refractivity contribution in [3.8, 4) is 5.75 Å². The average Bonchev–Trinajstić information content (AvgIpc) is 2.55. The monoisotopic (exact) mass is 324 g/mol. The zero-order chi connectivity index (χ0) is 17.0. The fourth-order valence-electron chi connectivity index (χ4n) is 2.24. The van der Waals surface area contributed by atoms with Gasteiger partial charge >= 0.3 is 5.97 Å². The molecule has 0 aromatic heterocycles. The molecule has 1 unspecified atom stereocenters. The lowest BCUT2D eigenvalue weighted by Crippen LogP contribution is -2.57. The van der Waals surface area contributed by atoms with E-state index in [0.717, 1.165) is 5.56 Å². The lowest BCUT2D eigenvalue weighted by atomic mass is 10.00. The maximum atomic E-state index is 11.8. The van der Waals surface area contributed by atoms with Crippen LogP contribution in [0.1, 0.15) is 12.5 Å². The molecule has 0 radical (unpaired) electrons. The summed E-state index contributed by atoms with van der Waals surface area (Å²) in [6.45, 7) is 1.53. The van der Waals surface area contributed by atoms with Gasteiger partial charge in [-0.2, -0.15) is 0 Å². The summed E-state index contributed by atoms with van der Waals surface area (Å²) >= 11 is 0. The highest BCUT2D eigenvalue weighted by Gasteiger charge is 2.43. The zero-order valence-corrected chi connectivity index (χ0v) is 12.8. The van der Waals surface area contributed by atoms with Crippen LogP contribution in [0.3, 0.4) is 0 Å². The Morgan fingerprint density at radius 1 is 1.17 bits per heavy atom. The number of benzene rings is 1. The molecule has 0 spiro atoms. The van der Waals surface area contributed by atoms with E-state index in [1.165, 1.54) is 13.0 Å². The van der Waals surface area contributed by atoms with Crippen LogP contribution in [0.2, 0.25) is 0 Å². The van der Waals surface area contributed by atoms with Crippen molar-refractivity contribution in [2.45, 2.75) is 37.6 Å². The first-order valence-corrected chi connectivity index (χ1v) is 7.15. The molecule has 0 saturated carbocycles. The number of rotatable bonds is 4. The molecule has 1 fully saturated rings. The largest absolute Gasteiger partial charge is 0.497 e. The quantitative estimate of drug-likeness (QED) is 0.532. The molecule has 7 heteroatoms. The van der Waals surface area contributed by atoms with Gasteiger partial charge in [0.15, 0.2) is 12.4 Å². The highest BCUT2D eigenvalue weighted by molar-refractivity contribution is 5.87. The topological polar surface area (TPSA) is 105 Å². The number of hydrogen-bond acceptors (Lipinski definition) is 7. The molecule has 3 N–H and O–H groups in total.